The monoisotopic (exact) mass is 1040 g/mol. The van der Waals surface area contributed by atoms with E-state index < -0.39 is 46.6 Å². The normalized spacial score (nSPS) is 21.8. The van der Waals surface area contributed by atoms with Gasteiger partial charge in [-0.3, -0.25) is 39.4 Å². The van der Waals surface area contributed by atoms with E-state index in [9.17, 15) is 28.8 Å². The summed E-state index contributed by atoms with van der Waals surface area (Å²) in [5.41, 5.74) is 2.24. The number of anilines is 3. The van der Waals surface area contributed by atoms with Gasteiger partial charge < -0.3 is 39.8 Å². The highest BCUT2D eigenvalue weighted by molar-refractivity contribution is 6.31. The van der Waals surface area contributed by atoms with Crippen LogP contribution in [0.5, 0.6) is 0 Å². The number of hydrogen-bond acceptors (Lipinski definition) is 12. The van der Waals surface area contributed by atoms with Crippen LogP contribution in [0, 0.1) is 5.82 Å². The first-order valence-electron chi connectivity index (χ1n) is 25.0. The Morgan fingerprint density at radius 1 is 0.795 bits per heavy atom. The summed E-state index contributed by atoms with van der Waals surface area (Å²) in [6, 6.07) is 20.3. The zero-order valence-corrected chi connectivity index (χ0v) is 41.8. The number of imide groups is 1. The molecule has 16 nitrogen and oxygen atoms in total. The van der Waals surface area contributed by atoms with Crippen LogP contribution < -0.4 is 26.6 Å². The minimum atomic E-state index is -1.35. The van der Waals surface area contributed by atoms with Crippen molar-refractivity contribution >= 4 is 75.6 Å². The summed E-state index contributed by atoms with van der Waals surface area (Å²) in [6.45, 7) is 3.87. The number of Topliss-reactive ketones (excluding diaryl/α,β-unsaturated/α-hetero) is 1. The Hall–Kier alpha value is -5.79. The number of benzene rings is 4. The molecule has 0 aromatic heterocycles. The molecule has 0 bridgehead atoms. The molecule has 386 valence electrons. The molecule has 2 spiro atoms. The number of rotatable bonds is 22. The molecule has 0 radical (unpaired) electrons. The van der Waals surface area contributed by atoms with Gasteiger partial charge in [0.05, 0.1) is 57.3 Å². The topological polar surface area (TPSA) is 203 Å². The molecule has 4 atom stereocenters. The first-order valence-corrected chi connectivity index (χ1v) is 25.8. The van der Waals surface area contributed by atoms with Crippen LogP contribution in [0.1, 0.15) is 101 Å². The Balaban J connectivity index is 0.662. The van der Waals surface area contributed by atoms with Crippen LogP contribution in [0.3, 0.4) is 0 Å². The van der Waals surface area contributed by atoms with Gasteiger partial charge in [-0.1, -0.05) is 66.7 Å². The minimum Gasteiger partial charge on any atom is -0.382 e. The summed E-state index contributed by atoms with van der Waals surface area (Å²) in [7, 11) is 0. The molecule has 4 aromatic carbocycles. The van der Waals surface area contributed by atoms with Crippen molar-refractivity contribution < 1.29 is 52.1 Å². The number of amides is 5. The Morgan fingerprint density at radius 3 is 2.22 bits per heavy atom. The van der Waals surface area contributed by atoms with Gasteiger partial charge in [0.1, 0.15) is 17.3 Å². The summed E-state index contributed by atoms with van der Waals surface area (Å²) >= 11 is 12.8. The van der Waals surface area contributed by atoms with Crippen molar-refractivity contribution in [3.8, 4) is 0 Å². The van der Waals surface area contributed by atoms with E-state index in [0.717, 1.165) is 30.5 Å². The maximum absolute atomic E-state index is 16.2. The van der Waals surface area contributed by atoms with E-state index in [1.807, 2.05) is 12.1 Å². The highest BCUT2D eigenvalue weighted by Gasteiger charge is 2.72. The van der Waals surface area contributed by atoms with Crippen molar-refractivity contribution in [1.29, 1.82) is 0 Å². The lowest BCUT2D eigenvalue weighted by atomic mass is 9.55. The number of nitrogens with one attached hydrogen (secondary N) is 5. The van der Waals surface area contributed by atoms with Crippen LogP contribution >= 0.6 is 23.2 Å². The van der Waals surface area contributed by atoms with Gasteiger partial charge in [0.25, 0.3) is 5.91 Å². The maximum Gasteiger partial charge on any atom is 0.255 e. The summed E-state index contributed by atoms with van der Waals surface area (Å²) in [4.78, 5) is 80.8. The molecule has 5 N–H and O–H groups in total. The largest absolute Gasteiger partial charge is 0.382 e. The van der Waals surface area contributed by atoms with Crippen molar-refractivity contribution in [1.82, 2.24) is 15.5 Å². The molecule has 9 rings (SSSR count). The van der Waals surface area contributed by atoms with Gasteiger partial charge in [-0.05, 0) is 91.4 Å². The van der Waals surface area contributed by atoms with E-state index in [0.29, 0.717) is 118 Å². The summed E-state index contributed by atoms with van der Waals surface area (Å²) in [6.07, 6.45) is 5.09. The second-order valence-electron chi connectivity index (χ2n) is 19.0. The van der Waals surface area contributed by atoms with E-state index in [2.05, 4.69) is 26.6 Å². The fourth-order valence-corrected chi connectivity index (χ4v) is 11.8. The number of fused-ring (bicyclic) bond motifs is 4. The standard InChI is InChI=1S/C54H59Cl2FN6O10/c55-34-14-17-39-42(31-34)60-52(69)54(39)46(37-8-4-9-40(56)47(37)57)48(62-53(54)20-2-1-3-21-53)50(67)59-35-15-12-33(13-16-35)44(64)11-6-23-70-25-27-72-29-30-73-28-26-71-24-22-58-41-10-5-7-36-38(41)32-63(51(36)68)43-18-19-45(65)61-49(43)66/h4-5,7-10,12-17,31,43,46,48,58,62H,1-3,6,11,18-30,32H2,(H,59,67)(H,60,69)(H,61,65,66)/t43?,46-,48+,54+/m0/s1. The lowest BCUT2D eigenvalue weighted by molar-refractivity contribution is -0.137. The molecule has 3 fully saturated rings. The zero-order valence-electron chi connectivity index (χ0n) is 40.3. The van der Waals surface area contributed by atoms with E-state index in [1.54, 1.807) is 60.7 Å². The third-order valence-electron chi connectivity index (χ3n) is 14.7. The fraction of sp³-hybridized carbons (Fsp3) is 0.444. The Bertz CT molecular complexity index is 2740. The molecular formula is C54H59Cl2FN6O10. The predicted octanol–water partition coefficient (Wildman–Crippen LogP) is 7.32. The third-order valence-corrected chi connectivity index (χ3v) is 15.3. The molecule has 4 aromatic rings. The van der Waals surface area contributed by atoms with Crippen LogP contribution in [0.2, 0.25) is 10.0 Å². The average molecular weight is 1040 g/mol. The molecule has 1 unspecified atom stereocenters. The van der Waals surface area contributed by atoms with Gasteiger partial charge in [-0.15, -0.1) is 0 Å². The van der Waals surface area contributed by atoms with Crippen molar-refractivity contribution in [2.45, 2.75) is 93.3 Å². The van der Waals surface area contributed by atoms with Crippen molar-refractivity contribution in [3.05, 3.63) is 123 Å². The molecule has 1 aliphatic carbocycles. The molecule has 5 aliphatic rings. The van der Waals surface area contributed by atoms with E-state index in [4.69, 9.17) is 42.1 Å². The number of nitrogens with zero attached hydrogens (tertiary/aromatic N) is 1. The minimum absolute atomic E-state index is 0.0755. The maximum atomic E-state index is 16.2. The first-order chi connectivity index (χ1) is 35.4. The first kappa shape index (κ1) is 52.1. The van der Waals surface area contributed by atoms with E-state index in [1.165, 1.54) is 11.0 Å². The number of carbonyl (C=O) groups is 6. The highest BCUT2D eigenvalue weighted by atomic mass is 35.5. The average Bonchev–Trinajstić information content (AvgIpc) is 3.98. The fourth-order valence-electron chi connectivity index (χ4n) is 11.4. The molecule has 2 saturated heterocycles. The number of carbonyl (C=O) groups excluding carboxylic acids is 6. The molecule has 4 heterocycles. The SMILES string of the molecule is O=C1CCC(N2Cc3c(NCCOCCOCCOCCOCCCC(=O)c4ccc(NC(=O)[C@@H]5NC6(CCCCC6)[C@@]6(C(=O)Nc7cc(Cl)ccc76)[C@H]5c5cccc(Cl)c5F)cc4)cccc3C2=O)C(=O)N1. The number of hydrogen-bond donors (Lipinski definition) is 5. The molecule has 4 aliphatic heterocycles. The van der Waals surface area contributed by atoms with Crippen LogP contribution in [-0.4, -0.2) is 117 Å². The number of ether oxygens (including phenoxy) is 4. The lowest BCUT2D eigenvalue weighted by Crippen LogP contribution is -2.60. The summed E-state index contributed by atoms with van der Waals surface area (Å²) in [5, 5.41) is 15.6. The van der Waals surface area contributed by atoms with Crippen molar-refractivity contribution in [2.75, 3.05) is 75.4 Å². The van der Waals surface area contributed by atoms with Crippen LogP contribution in [-0.2, 0) is 50.1 Å². The number of ketones is 1. The summed E-state index contributed by atoms with van der Waals surface area (Å²) < 4.78 is 38.8. The van der Waals surface area contributed by atoms with E-state index in [-0.39, 0.29) is 53.5 Å². The van der Waals surface area contributed by atoms with Gasteiger partial charge in [-0.25, -0.2) is 4.39 Å². The Kier molecular flexibility index (Phi) is 16.5. The van der Waals surface area contributed by atoms with Gasteiger partial charge in [0, 0.05) is 82.8 Å². The molecule has 1 saturated carbocycles. The summed E-state index contributed by atoms with van der Waals surface area (Å²) in [5.74, 6) is -3.47. The molecule has 5 amide bonds. The van der Waals surface area contributed by atoms with Gasteiger partial charge in [-0.2, -0.15) is 0 Å². The lowest BCUT2D eigenvalue weighted by Gasteiger charge is -2.47. The van der Waals surface area contributed by atoms with Gasteiger partial charge >= 0.3 is 0 Å². The van der Waals surface area contributed by atoms with Gasteiger partial charge in [0.2, 0.25) is 23.6 Å². The Morgan fingerprint density at radius 2 is 1.49 bits per heavy atom. The quantitative estimate of drug-likeness (QED) is 0.0299. The second kappa shape index (κ2) is 23.2. The molecule has 19 heteroatoms. The third kappa shape index (κ3) is 10.8. The highest BCUT2D eigenvalue weighted by Crippen LogP contribution is 2.63. The zero-order chi connectivity index (χ0) is 51.1. The second-order valence-corrected chi connectivity index (χ2v) is 19.9. The molecular weight excluding hydrogens is 983 g/mol. The van der Waals surface area contributed by atoms with Crippen LogP contribution in [0.25, 0.3) is 0 Å². The van der Waals surface area contributed by atoms with Gasteiger partial charge in [0.15, 0.2) is 5.78 Å². The van der Waals surface area contributed by atoms with Crippen molar-refractivity contribution in [2.24, 2.45) is 0 Å². The molecule has 73 heavy (non-hydrogen) atoms. The number of halogens is 3. The van der Waals surface area contributed by atoms with E-state index >= 15 is 4.39 Å². The van der Waals surface area contributed by atoms with Crippen LogP contribution in [0.4, 0.5) is 21.5 Å². The number of piperidine rings is 1. The Labute approximate surface area is 432 Å². The van der Waals surface area contributed by atoms with Crippen LogP contribution in [0.15, 0.2) is 78.9 Å². The predicted molar refractivity (Wildman–Crippen MR) is 272 cm³/mol. The van der Waals surface area contributed by atoms with Crippen molar-refractivity contribution in [3.63, 3.8) is 0 Å². The smallest absolute Gasteiger partial charge is 0.255 e.